The van der Waals surface area contributed by atoms with E-state index in [-0.39, 0.29) is 6.61 Å². The molecule has 0 saturated carbocycles. The zero-order valence-corrected chi connectivity index (χ0v) is 7.93. The number of nitrogen functional groups attached to an aromatic ring is 1. The molecule has 76 valence electrons. The maximum Gasteiger partial charge on any atom is 0.309 e. The van der Waals surface area contributed by atoms with Crippen molar-refractivity contribution in [1.29, 1.82) is 0 Å². The molecular formula is C10H13NO3. The van der Waals surface area contributed by atoms with Gasteiger partial charge in [0.1, 0.15) is 12.4 Å². The molecule has 3 N–H and O–H groups in total. The van der Waals surface area contributed by atoms with Gasteiger partial charge in [0.2, 0.25) is 0 Å². The number of anilines is 1. The normalized spacial score (nSPS) is 12.1. The number of aliphatic carboxylic acids is 1. The van der Waals surface area contributed by atoms with E-state index in [1.807, 2.05) is 0 Å². The fourth-order valence-electron chi connectivity index (χ4n) is 0.857. The summed E-state index contributed by atoms with van der Waals surface area (Å²) in [6.07, 6.45) is 0. The topological polar surface area (TPSA) is 72.5 Å². The van der Waals surface area contributed by atoms with Crippen molar-refractivity contribution in [3.05, 3.63) is 24.3 Å². The number of rotatable bonds is 4. The van der Waals surface area contributed by atoms with Crippen molar-refractivity contribution in [2.75, 3.05) is 12.3 Å². The highest BCUT2D eigenvalue weighted by Crippen LogP contribution is 2.13. The molecule has 1 aromatic rings. The van der Waals surface area contributed by atoms with Crippen molar-refractivity contribution in [2.45, 2.75) is 6.92 Å². The first-order valence-electron chi connectivity index (χ1n) is 4.30. The van der Waals surface area contributed by atoms with Crippen LogP contribution in [0, 0.1) is 5.92 Å². The third-order valence-corrected chi connectivity index (χ3v) is 1.80. The largest absolute Gasteiger partial charge is 0.493 e. The van der Waals surface area contributed by atoms with Gasteiger partial charge in [0.15, 0.2) is 0 Å². The van der Waals surface area contributed by atoms with Crippen molar-refractivity contribution in [2.24, 2.45) is 5.92 Å². The SMILES string of the molecule is CC(COc1ccc(N)cc1)C(=O)O. The minimum Gasteiger partial charge on any atom is -0.493 e. The Morgan fingerprint density at radius 1 is 1.50 bits per heavy atom. The lowest BCUT2D eigenvalue weighted by Crippen LogP contribution is -2.17. The Hall–Kier alpha value is -1.71. The fourth-order valence-corrected chi connectivity index (χ4v) is 0.857. The third kappa shape index (κ3) is 2.97. The van der Waals surface area contributed by atoms with E-state index in [0.29, 0.717) is 11.4 Å². The highest BCUT2D eigenvalue weighted by Gasteiger charge is 2.10. The number of carbonyl (C=O) groups is 1. The molecule has 0 fully saturated rings. The summed E-state index contributed by atoms with van der Waals surface area (Å²) in [6.45, 7) is 1.76. The van der Waals surface area contributed by atoms with Crippen LogP contribution in [-0.2, 0) is 4.79 Å². The fraction of sp³-hybridized carbons (Fsp3) is 0.300. The molecule has 0 radical (unpaired) electrons. The van der Waals surface area contributed by atoms with Crippen LogP contribution in [0.25, 0.3) is 0 Å². The monoisotopic (exact) mass is 195 g/mol. The molecule has 0 heterocycles. The van der Waals surface area contributed by atoms with E-state index in [1.165, 1.54) is 0 Å². The van der Waals surface area contributed by atoms with Crippen LogP contribution in [0.1, 0.15) is 6.92 Å². The average molecular weight is 195 g/mol. The quantitative estimate of drug-likeness (QED) is 0.711. The lowest BCUT2D eigenvalue weighted by atomic mass is 10.2. The Labute approximate surface area is 82.3 Å². The molecule has 0 aliphatic rings. The molecule has 0 aliphatic carbocycles. The van der Waals surface area contributed by atoms with E-state index >= 15 is 0 Å². The molecule has 0 bridgehead atoms. The van der Waals surface area contributed by atoms with Gasteiger partial charge < -0.3 is 15.6 Å². The second-order valence-electron chi connectivity index (χ2n) is 3.12. The Morgan fingerprint density at radius 2 is 2.07 bits per heavy atom. The van der Waals surface area contributed by atoms with E-state index in [1.54, 1.807) is 31.2 Å². The zero-order valence-electron chi connectivity index (χ0n) is 7.93. The minimum atomic E-state index is -0.861. The predicted octanol–water partition coefficient (Wildman–Crippen LogP) is 1.37. The van der Waals surface area contributed by atoms with Gasteiger partial charge in [-0.15, -0.1) is 0 Å². The van der Waals surface area contributed by atoms with Gasteiger partial charge in [-0.05, 0) is 31.2 Å². The molecule has 0 saturated heterocycles. The maximum absolute atomic E-state index is 10.5. The van der Waals surface area contributed by atoms with Crippen LogP contribution in [-0.4, -0.2) is 17.7 Å². The summed E-state index contributed by atoms with van der Waals surface area (Å²) in [5, 5.41) is 8.60. The first kappa shape index (κ1) is 10.4. The lowest BCUT2D eigenvalue weighted by molar-refractivity contribution is -0.142. The molecule has 0 amide bonds. The van der Waals surface area contributed by atoms with Gasteiger partial charge in [0.25, 0.3) is 0 Å². The van der Waals surface area contributed by atoms with Gasteiger partial charge in [-0.1, -0.05) is 0 Å². The van der Waals surface area contributed by atoms with Gasteiger partial charge >= 0.3 is 5.97 Å². The number of benzene rings is 1. The van der Waals surface area contributed by atoms with Crippen LogP contribution in [0.4, 0.5) is 5.69 Å². The van der Waals surface area contributed by atoms with Crippen molar-refractivity contribution in [3.63, 3.8) is 0 Å². The Kier molecular flexibility index (Phi) is 3.34. The van der Waals surface area contributed by atoms with Crippen LogP contribution in [0.2, 0.25) is 0 Å². The molecule has 1 rings (SSSR count). The molecule has 1 aromatic carbocycles. The molecule has 4 heteroatoms. The van der Waals surface area contributed by atoms with E-state index in [2.05, 4.69) is 0 Å². The summed E-state index contributed by atoms with van der Waals surface area (Å²) in [5.41, 5.74) is 6.14. The van der Waals surface area contributed by atoms with Gasteiger partial charge in [0, 0.05) is 5.69 Å². The summed E-state index contributed by atoms with van der Waals surface area (Å²) in [6, 6.07) is 6.84. The van der Waals surface area contributed by atoms with E-state index in [0.717, 1.165) is 0 Å². The number of nitrogens with two attached hydrogens (primary N) is 1. The molecule has 14 heavy (non-hydrogen) atoms. The lowest BCUT2D eigenvalue weighted by Gasteiger charge is -2.08. The number of ether oxygens (including phenoxy) is 1. The molecule has 0 aromatic heterocycles. The Bertz CT molecular complexity index is 308. The van der Waals surface area contributed by atoms with E-state index in [9.17, 15) is 4.79 Å². The van der Waals surface area contributed by atoms with Crippen molar-refractivity contribution < 1.29 is 14.6 Å². The van der Waals surface area contributed by atoms with E-state index in [4.69, 9.17) is 15.6 Å². The first-order valence-corrected chi connectivity index (χ1v) is 4.30. The average Bonchev–Trinajstić information content (AvgIpc) is 2.16. The van der Waals surface area contributed by atoms with Crippen LogP contribution < -0.4 is 10.5 Å². The third-order valence-electron chi connectivity index (χ3n) is 1.80. The van der Waals surface area contributed by atoms with Gasteiger partial charge in [-0.2, -0.15) is 0 Å². The zero-order chi connectivity index (χ0) is 10.6. The second-order valence-corrected chi connectivity index (χ2v) is 3.12. The van der Waals surface area contributed by atoms with Crippen LogP contribution in [0.15, 0.2) is 24.3 Å². The Balaban J connectivity index is 2.46. The molecule has 0 aliphatic heterocycles. The Morgan fingerprint density at radius 3 is 2.57 bits per heavy atom. The second kappa shape index (κ2) is 4.50. The van der Waals surface area contributed by atoms with Crippen LogP contribution in [0.3, 0.4) is 0 Å². The maximum atomic E-state index is 10.5. The highest BCUT2D eigenvalue weighted by atomic mass is 16.5. The van der Waals surface area contributed by atoms with Crippen LogP contribution in [0.5, 0.6) is 5.75 Å². The molecule has 1 unspecified atom stereocenters. The van der Waals surface area contributed by atoms with Gasteiger partial charge in [-0.3, -0.25) is 4.79 Å². The summed E-state index contributed by atoms with van der Waals surface area (Å²) >= 11 is 0. The summed E-state index contributed by atoms with van der Waals surface area (Å²) in [7, 11) is 0. The first-order chi connectivity index (χ1) is 6.59. The minimum absolute atomic E-state index is 0.166. The standard InChI is InChI=1S/C10H13NO3/c1-7(10(12)13)6-14-9-4-2-8(11)3-5-9/h2-5,7H,6,11H2,1H3,(H,12,13). The van der Waals surface area contributed by atoms with E-state index < -0.39 is 11.9 Å². The molecule has 0 spiro atoms. The number of hydrogen-bond donors (Lipinski definition) is 2. The molecule has 4 nitrogen and oxygen atoms in total. The summed E-state index contributed by atoms with van der Waals surface area (Å²) < 4.78 is 5.25. The predicted molar refractivity (Wildman–Crippen MR) is 53.1 cm³/mol. The van der Waals surface area contributed by atoms with Gasteiger partial charge in [-0.25, -0.2) is 0 Å². The van der Waals surface area contributed by atoms with Gasteiger partial charge in [0.05, 0.1) is 5.92 Å². The van der Waals surface area contributed by atoms with Crippen molar-refractivity contribution in [3.8, 4) is 5.75 Å². The van der Waals surface area contributed by atoms with Crippen LogP contribution >= 0.6 is 0 Å². The number of carboxylic acid groups (broad SMARTS) is 1. The molecular weight excluding hydrogens is 182 g/mol. The smallest absolute Gasteiger partial charge is 0.309 e. The summed E-state index contributed by atoms with van der Waals surface area (Å²) in [5.74, 6) is -0.736. The molecule has 1 atom stereocenters. The summed E-state index contributed by atoms with van der Waals surface area (Å²) in [4.78, 5) is 10.5. The van der Waals surface area contributed by atoms with Crippen molar-refractivity contribution >= 4 is 11.7 Å². The number of hydrogen-bond acceptors (Lipinski definition) is 3. The number of carboxylic acids is 1. The highest BCUT2D eigenvalue weighted by molar-refractivity contribution is 5.69. The van der Waals surface area contributed by atoms with Crippen molar-refractivity contribution in [1.82, 2.24) is 0 Å².